The average molecular weight is 645 g/mol. The number of anilines is 1. The second-order valence-corrected chi connectivity index (χ2v) is 12.4. The molecule has 0 saturated heterocycles. The predicted molar refractivity (Wildman–Crippen MR) is 184 cm³/mol. The smallest absolute Gasteiger partial charge is 0.271 e. The Bertz CT molecular complexity index is 2340. The molecule has 0 unspecified atom stereocenters. The highest BCUT2D eigenvalue weighted by molar-refractivity contribution is 7.07. The summed E-state index contributed by atoms with van der Waals surface area (Å²) in [7, 11) is 1.59. The van der Waals surface area contributed by atoms with Crippen LogP contribution in [0, 0.1) is 0 Å². The number of aromatic nitrogens is 2. The maximum Gasteiger partial charge on any atom is 0.271 e. The number of para-hydroxylation sites is 2. The van der Waals surface area contributed by atoms with E-state index >= 15 is 0 Å². The first-order valence-corrected chi connectivity index (χ1v) is 15.9. The molecule has 0 saturated carbocycles. The van der Waals surface area contributed by atoms with Crippen molar-refractivity contribution in [3.05, 3.63) is 162 Å². The third-order valence-corrected chi connectivity index (χ3v) is 9.46. The molecule has 0 spiro atoms. The number of carbonyl (C=O) groups excluding carboxylic acids is 1. The van der Waals surface area contributed by atoms with Crippen molar-refractivity contribution >= 4 is 51.5 Å². The molecule has 9 heteroatoms. The van der Waals surface area contributed by atoms with E-state index in [4.69, 9.17) is 21.3 Å². The highest BCUT2D eigenvalue weighted by Crippen LogP contribution is 2.32. The Morgan fingerprint density at radius 3 is 2.57 bits per heavy atom. The van der Waals surface area contributed by atoms with Gasteiger partial charge in [-0.3, -0.25) is 14.2 Å². The zero-order chi connectivity index (χ0) is 31.8. The summed E-state index contributed by atoms with van der Waals surface area (Å²) in [5, 5.41) is 4.72. The molecule has 0 bridgehead atoms. The Kier molecular flexibility index (Phi) is 7.90. The van der Waals surface area contributed by atoms with Crippen LogP contribution in [0.15, 0.2) is 130 Å². The number of amides is 1. The molecule has 4 aromatic carbocycles. The van der Waals surface area contributed by atoms with E-state index in [1.165, 1.54) is 11.3 Å². The molecule has 46 heavy (non-hydrogen) atoms. The highest BCUT2D eigenvalue weighted by Gasteiger charge is 2.33. The van der Waals surface area contributed by atoms with Crippen molar-refractivity contribution in [1.29, 1.82) is 0 Å². The van der Waals surface area contributed by atoms with Gasteiger partial charge in [-0.2, -0.15) is 0 Å². The van der Waals surface area contributed by atoms with Crippen LogP contribution in [-0.4, -0.2) is 22.2 Å². The number of rotatable bonds is 7. The van der Waals surface area contributed by atoms with Crippen LogP contribution in [0.25, 0.3) is 17.0 Å². The molecule has 1 N–H and O–H groups in total. The van der Waals surface area contributed by atoms with Gasteiger partial charge in [0.15, 0.2) is 4.80 Å². The molecule has 1 aliphatic rings. The number of halogens is 1. The van der Waals surface area contributed by atoms with E-state index in [2.05, 4.69) is 28.2 Å². The molecule has 0 radical (unpaired) electrons. The maximum absolute atomic E-state index is 14.3. The second kappa shape index (κ2) is 12.3. The van der Waals surface area contributed by atoms with Crippen LogP contribution >= 0.6 is 22.9 Å². The minimum Gasteiger partial charge on any atom is -0.497 e. The second-order valence-electron chi connectivity index (χ2n) is 11.0. The number of methoxy groups -OCH3 is 1. The summed E-state index contributed by atoms with van der Waals surface area (Å²) in [6, 6.07) is 31.9. The molecular weight excluding hydrogens is 616 g/mol. The first kappa shape index (κ1) is 29.5. The van der Waals surface area contributed by atoms with Crippen LogP contribution in [0.4, 0.5) is 5.69 Å². The van der Waals surface area contributed by atoms with Crippen molar-refractivity contribution in [3.8, 4) is 5.75 Å². The third-order valence-electron chi connectivity index (χ3n) is 8.11. The van der Waals surface area contributed by atoms with Crippen molar-refractivity contribution in [3.63, 3.8) is 0 Å². The van der Waals surface area contributed by atoms with Gasteiger partial charge in [-0.1, -0.05) is 89.7 Å². The van der Waals surface area contributed by atoms with Crippen LogP contribution in [0.3, 0.4) is 0 Å². The van der Waals surface area contributed by atoms with Gasteiger partial charge in [0.25, 0.3) is 11.5 Å². The van der Waals surface area contributed by atoms with Crippen molar-refractivity contribution in [2.45, 2.75) is 19.5 Å². The molecule has 7 rings (SSSR count). The first-order valence-electron chi connectivity index (χ1n) is 14.8. The zero-order valence-electron chi connectivity index (χ0n) is 25.1. The van der Waals surface area contributed by atoms with Crippen molar-refractivity contribution in [1.82, 2.24) is 9.13 Å². The number of ether oxygens (including phenoxy) is 1. The van der Waals surface area contributed by atoms with E-state index < -0.39 is 6.04 Å². The van der Waals surface area contributed by atoms with E-state index in [1.54, 1.807) is 11.7 Å². The molecule has 6 aromatic rings. The van der Waals surface area contributed by atoms with Crippen molar-refractivity contribution < 1.29 is 9.53 Å². The molecule has 7 nitrogen and oxygen atoms in total. The summed E-state index contributed by atoms with van der Waals surface area (Å²) in [6.07, 6.45) is 3.97. The fraction of sp³-hybridized carbons (Fsp3) is 0.108. The lowest BCUT2D eigenvalue weighted by Crippen LogP contribution is -2.40. The lowest BCUT2D eigenvalue weighted by atomic mass is 9.95. The fourth-order valence-corrected chi connectivity index (χ4v) is 7.16. The minimum atomic E-state index is -0.709. The maximum atomic E-state index is 14.3. The number of thiazole rings is 1. The molecular formula is C37H29ClN4O3S. The minimum absolute atomic E-state index is 0.225. The average Bonchev–Trinajstić information content (AvgIpc) is 3.57. The summed E-state index contributed by atoms with van der Waals surface area (Å²) in [4.78, 5) is 33.5. The van der Waals surface area contributed by atoms with Gasteiger partial charge in [-0.15, -0.1) is 0 Å². The van der Waals surface area contributed by atoms with Gasteiger partial charge in [0.05, 0.1) is 29.0 Å². The first-order chi connectivity index (χ1) is 22.4. The predicted octanol–water partition coefficient (Wildman–Crippen LogP) is 6.54. The lowest BCUT2D eigenvalue weighted by Gasteiger charge is -2.25. The summed E-state index contributed by atoms with van der Waals surface area (Å²) in [5.41, 5.74) is 5.06. The number of carbonyl (C=O) groups is 1. The van der Waals surface area contributed by atoms with Gasteiger partial charge in [0.2, 0.25) is 0 Å². The summed E-state index contributed by atoms with van der Waals surface area (Å²) in [5.74, 6) is 0.306. The number of benzene rings is 4. The Morgan fingerprint density at radius 1 is 1.00 bits per heavy atom. The van der Waals surface area contributed by atoms with E-state index in [0.29, 0.717) is 43.6 Å². The van der Waals surface area contributed by atoms with E-state index in [1.807, 2.05) is 104 Å². The number of hydrogen-bond donors (Lipinski definition) is 1. The van der Waals surface area contributed by atoms with Gasteiger partial charge in [-0.05, 0) is 60.5 Å². The van der Waals surface area contributed by atoms with Crippen LogP contribution in [0.2, 0.25) is 5.02 Å². The molecule has 1 aliphatic heterocycles. The Morgan fingerprint density at radius 2 is 1.76 bits per heavy atom. The number of hydrogen-bond acceptors (Lipinski definition) is 5. The van der Waals surface area contributed by atoms with Crippen LogP contribution in [0.1, 0.15) is 29.7 Å². The van der Waals surface area contributed by atoms with Gasteiger partial charge >= 0.3 is 0 Å². The van der Waals surface area contributed by atoms with Gasteiger partial charge < -0.3 is 14.6 Å². The zero-order valence-corrected chi connectivity index (χ0v) is 26.7. The van der Waals surface area contributed by atoms with Crippen molar-refractivity contribution in [2.24, 2.45) is 4.99 Å². The molecule has 1 atom stereocenters. The lowest BCUT2D eigenvalue weighted by molar-refractivity contribution is -0.113. The quantitative estimate of drug-likeness (QED) is 0.214. The topological polar surface area (TPSA) is 77.6 Å². The number of allylic oxidation sites excluding steroid dienone is 1. The molecule has 0 aliphatic carbocycles. The normalized spacial score (nSPS) is 14.7. The summed E-state index contributed by atoms with van der Waals surface area (Å²) < 4.78 is 9.81. The molecule has 1 amide bonds. The standard InChI is InChI=1S/C37H29ClN4O3S/c1-23-33(35(43)40-27-13-4-3-5-14-27)34(24-12-10-15-28(19-24)45-2)42-36(44)32(46-37(42)39-23)20-26-22-41(31-18-9-7-16-29(26)31)21-25-11-6-8-17-30(25)38/h3-20,22,34H,21H2,1-2H3,(H,40,43)/b32-20+/t34-/m1/s1. The highest BCUT2D eigenvalue weighted by atomic mass is 35.5. The monoisotopic (exact) mass is 644 g/mol. The number of fused-ring (bicyclic) bond motifs is 2. The largest absolute Gasteiger partial charge is 0.497 e. The number of nitrogens with one attached hydrogen (secondary N) is 1. The van der Waals surface area contributed by atoms with E-state index in [0.717, 1.165) is 27.6 Å². The molecule has 3 heterocycles. The molecule has 228 valence electrons. The van der Waals surface area contributed by atoms with Crippen LogP contribution < -0.4 is 24.9 Å². The fourth-order valence-electron chi connectivity index (χ4n) is 5.93. The van der Waals surface area contributed by atoms with Gasteiger partial charge in [-0.25, -0.2) is 4.99 Å². The Balaban J connectivity index is 1.37. The van der Waals surface area contributed by atoms with E-state index in [-0.39, 0.29) is 11.5 Å². The van der Waals surface area contributed by atoms with Gasteiger partial charge in [0, 0.05) is 39.9 Å². The van der Waals surface area contributed by atoms with Crippen molar-refractivity contribution in [2.75, 3.05) is 12.4 Å². The number of nitrogens with zero attached hydrogens (tertiary/aromatic N) is 3. The Labute approximate surface area is 274 Å². The molecule has 0 fully saturated rings. The Hall–Kier alpha value is -5.18. The van der Waals surface area contributed by atoms with Crippen LogP contribution in [0.5, 0.6) is 5.75 Å². The van der Waals surface area contributed by atoms with Crippen LogP contribution in [-0.2, 0) is 11.3 Å². The molecule has 2 aromatic heterocycles. The third kappa shape index (κ3) is 5.46. The summed E-state index contributed by atoms with van der Waals surface area (Å²) in [6.45, 7) is 2.40. The SMILES string of the molecule is COc1cccc([C@@H]2C(C(=O)Nc3ccccc3)=C(C)N=c3s/c(=C/c4cn(Cc5ccccc5Cl)c5ccccc45)c(=O)n32)c1. The van der Waals surface area contributed by atoms with E-state index in [9.17, 15) is 9.59 Å². The van der Waals surface area contributed by atoms with Gasteiger partial charge in [0.1, 0.15) is 5.75 Å². The summed E-state index contributed by atoms with van der Waals surface area (Å²) >= 11 is 7.81.